The number of ether oxygens (including phenoxy) is 1. The molecule has 0 N–H and O–H groups in total. The summed E-state index contributed by atoms with van der Waals surface area (Å²) in [6.07, 6.45) is 0.350. The predicted octanol–water partition coefficient (Wildman–Crippen LogP) is 2.29. The second-order valence-corrected chi connectivity index (χ2v) is 7.18. The molecule has 0 amide bonds. The summed E-state index contributed by atoms with van der Waals surface area (Å²) < 4.78 is 45.3. The highest BCUT2D eigenvalue weighted by Gasteiger charge is 2.38. The van der Waals surface area contributed by atoms with Crippen molar-refractivity contribution >= 4 is 17.3 Å². The van der Waals surface area contributed by atoms with Gasteiger partial charge in [-0.3, -0.25) is 0 Å². The maximum atomic E-state index is 13.1. The van der Waals surface area contributed by atoms with E-state index < -0.39 is 12.0 Å². The highest BCUT2D eigenvalue weighted by molar-refractivity contribution is 5.48. The van der Waals surface area contributed by atoms with Gasteiger partial charge in [-0.05, 0) is 30.9 Å². The van der Waals surface area contributed by atoms with Crippen LogP contribution in [-0.4, -0.2) is 63.6 Å². The summed E-state index contributed by atoms with van der Waals surface area (Å²) in [4.78, 5) is 12.5. The number of piperidine rings is 1. The average molecular weight is 422 g/mol. The van der Waals surface area contributed by atoms with Crippen LogP contribution in [0.1, 0.15) is 18.7 Å². The van der Waals surface area contributed by atoms with Gasteiger partial charge in [0.15, 0.2) is 11.5 Å². The van der Waals surface area contributed by atoms with Crippen molar-refractivity contribution in [2.45, 2.75) is 19.0 Å². The number of hydrogen-bond acceptors (Lipinski definition) is 8. The predicted molar refractivity (Wildman–Crippen MR) is 103 cm³/mol. The van der Waals surface area contributed by atoms with E-state index in [0.717, 1.165) is 23.9 Å². The molecule has 3 aromatic heterocycles. The molecule has 9 nitrogen and oxygen atoms in total. The SMILES string of the molecule is COc1nccnc1N(C)CC1CCN(c2ccc3nnc(C(F)(F)F)n3n2)CC1. The molecule has 1 aliphatic rings. The second-order valence-electron chi connectivity index (χ2n) is 7.18. The Bertz CT molecular complexity index is 1020. The van der Waals surface area contributed by atoms with Crippen LogP contribution < -0.4 is 14.5 Å². The Hall–Kier alpha value is -3.18. The van der Waals surface area contributed by atoms with E-state index in [4.69, 9.17) is 4.74 Å². The van der Waals surface area contributed by atoms with E-state index in [1.807, 2.05) is 16.8 Å². The van der Waals surface area contributed by atoms with Crippen LogP contribution in [0.4, 0.5) is 24.8 Å². The number of fused-ring (bicyclic) bond motifs is 1. The van der Waals surface area contributed by atoms with Gasteiger partial charge < -0.3 is 14.5 Å². The summed E-state index contributed by atoms with van der Waals surface area (Å²) in [7, 11) is 3.50. The lowest BCUT2D eigenvalue weighted by molar-refractivity contribution is -0.146. The molecule has 0 atom stereocenters. The molecule has 12 heteroatoms. The Morgan fingerprint density at radius 1 is 1.13 bits per heavy atom. The van der Waals surface area contributed by atoms with Crippen LogP contribution in [0.15, 0.2) is 24.5 Å². The van der Waals surface area contributed by atoms with E-state index >= 15 is 0 Å². The number of methoxy groups -OCH3 is 1. The Balaban J connectivity index is 1.42. The molecule has 0 aliphatic carbocycles. The number of alkyl halides is 3. The van der Waals surface area contributed by atoms with Crippen molar-refractivity contribution in [3.8, 4) is 5.88 Å². The Morgan fingerprint density at radius 3 is 2.57 bits per heavy atom. The minimum atomic E-state index is -4.61. The first-order chi connectivity index (χ1) is 14.4. The molecule has 0 radical (unpaired) electrons. The lowest BCUT2D eigenvalue weighted by Gasteiger charge is -2.34. The van der Waals surface area contributed by atoms with Crippen molar-refractivity contribution in [2.75, 3.05) is 43.6 Å². The topological polar surface area (TPSA) is 84.6 Å². The van der Waals surface area contributed by atoms with Crippen LogP contribution >= 0.6 is 0 Å². The second kappa shape index (κ2) is 7.92. The molecule has 30 heavy (non-hydrogen) atoms. The fourth-order valence-corrected chi connectivity index (χ4v) is 3.67. The first-order valence-corrected chi connectivity index (χ1v) is 9.47. The molecule has 0 aromatic carbocycles. The summed E-state index contributed by atoms with van der Waals surface area (Å²) in [6.45, 7) is 2.16. The standard InChI is InChI=1S/C18H21F3N8O/c1-27(15-16(30-2)23-8-7-22-15)11-12-5-9-28(10-6-12)14-4-3-13-24-25-17(18(19,20)21)29(13)26-14/h3-4,7-8,12H,5-6,9-11H2,1-2H3. The normalized spacial score (nSPS) is 15.6. The van der Waals surface area contributed by atoms with Crippen molar-refractivity contribution in [3.05, 3.63) is 30.4 Å². The van der Waals surface area contributed by atoms with Gasteiger partial charge in [-0.15, -0.1) is 15.3 Å². The van der Waals surface area contributed by atoms with Gasteiger partial charge in [0.2, 0.25) is 0 Å². The maximum Gasteiger partial charge on any atom is 0.453 e. The van der Waals surface area contributed by atoms with Crippen molar-refractivity contribution in [1.29, 1.82) is 0 Å². The van der Waals surface area contributed by atoms with E-state index in [-0.39, 0.29) is 5.65 Å². The molecule has 0 spiro atoms. The zero-order valence-electron chi connectivity index (χ0n) is 16.5. The molecular weight excluding hydrogens is 401 g/mol. The minimum Gasteiger partial charge on any atom is -0.478 e. The fourth-order valence-electron chi connectivity index (χ4n) is 3.67. The smallest absolute Gasteiger partial charge is 0.453 e. The molecule has 0 saturated carbocycles. The van der Waals surface area contributed by atoms with Gasteiger partial charge in [0.25, 0.3) is 11.7 Å². The molecule has 1 saturated heterocycles. The van der Waals surface area contributed by atoms with Gasteiger partial charge in [0, 0.05) is 39.1 Å². The first-order valence-electron chi connectivity index (χ1n) is 9.47. The molecule has 0 bridgehead atoms. The van der Waals surface area contributed by atoms with Crippen molar-refractivity contribution < 1.29 is 17.9 Å². The highest BCUT2D eigenvalue weighted by atomic mass is 19.4. The van der Waals surface area contributed by atoms with Gasteiger partial charge in [-0.1, -0.05) is 0 Å². The average Bonchev–Trinajstić information content (AvgIpc) is 3.18. The minimum absolute atomic E-state index is 0.0699. The fraction of sp³-hybridized carbons (Fsp3) is 0.500. The zero-order valence-corrected chi connectivity index (χ0v) is 16.5. The monoisotopic (exact) mass is 422 g/mol. The number of nitrogens with zero attached hydrogens (tertiary/aromatic N) is 8. The van der Waals surface area contributed by atoms with Crippen LogP contribution in [0, 0.1) is 5.92 Å². The third kappa shape index (κ3) is 3.94. The van der Waals surface area contributed by atoms with Crippen molar-refractivity contribution in [3.63, 3.8) is 0 Å². The summed E-state index contributed by atoms with van der Waals surface area (Å²) in [5.74, 6) is 0.928. The molecule has 160 valence electrons. The molecule has 1 fully saturated rings. The Morgan fingerprint density at radius 2 is 1.87 bits per heavy atom. The third-order valence-electron chi connectivity index (χ3n) is 5.17. The van der Waals surface area contributed by atoms with Gasteiger partial charge in [-0.25, -0.2) is 9.97 Å². The number of rotatable bonds is 5. The number of hydrogen-bond donors (Lipinski definition) is 0. The van der Waals surface area contributed by atoms with E-state index in [1.165, 1.54) is 6.07 Å². The Kier molecular flexibility index (Phi) is 5.31. The van der Waals surface area contributed by atoms with E-state index in [0.29, 0.717) is 36.5 Å². The lowest BCUT2D eigenvalue weighted by Crippen LogP contribution is -2.38. The van der Waals surface area contributed by atoms with Crippen LogP contribution in [-0.2, 0) is 6.18 Å². The summed E-state index contributed by atoms with van der Waals surface area (Å²) >= 11 is 0. The summed E-state index contributed by atoms with van der Waals surface area (Å²) in [6, 6.07) is 3.19. The molecule has 4 rings (SSSR count). The third-order valence-corrected chi connectivity index (χ3v) is 5.17. The van der Waals surface area contributed by atoms with Gasteiger partial charge in [0.1, 0.15) is 5.82 Å². The van der Waals surface area contributed by atoms with Crippen LogP contribution in [0.25, 0.3) is 5.65 Å². The highest BCUT2D eigenvalue weighted by Crippen LogP contribution is 2.29. The molecule has 1 aliphatic heterocycles. The largest absolute Gasteiger partial charge is 0.478 e. The van der Waals surface area contributed by atoms with Gasteiger partial charge >= 0.3 is 6.18 Å². The van der Waals surface area contributed by atoms with Crippen LogP contribution in [0.5, 0.6) is 5.88 Å². The van der Waals surface area contributed by atoms with E-state index in [2.05, 4.69) is 25.3 Å². The number of halogens is 3. The van der Waals surface area contributed by atoms with Crippen LogP contribution in [0.2, 0.25) is 0 Å². The van der Waals surface area contributed by atoms with E-state index in [1.54, 1.807) is 25.6 Å². The number of aromatic nitrogens is 6. The summed E-state index contributed by atoms with van der Waals surface area (Å²) in [5.41, 5.74) is 0.0699. The Labute approximate surface area is 170 Å². The molecule has 0 unspecified atom stereocenters. The lowest BCUT2D eigenvalue weighted by atomic mass is 9.96. The first kappa shape index (κ1) is 20.1. The quantitative estimate of drug-likeness (QED) is 0.619. The van der Waals surface area contributed by atoms with Gasteiger partial charge in [0.05, 0.1) is 7.11 Å². The summed E-state index contributed by atoms with van der Waals surface area (Å²) in [5, 5.41) is 10.9. The van der Waals surface area contributed by atoms with Crippen LogP contribution in [0.3, 0.4) is 0 Å². The molecule has 3 aromatic rings. The van der Waals surface area contributed by atoms with Gasteiger partial charge in [-0.2, -0.15) is 17.7 Å². The molecular formula is C18H21F3N8O. The van der Waals surface area contributed by atoms with Crippen molar-refractivity contribution in [1.82, 2.24) is 29.8 Å². The van der Waals surface area contributed by atoms with E-state index in [9.17, 15) is 13.2 Å². The van der Waals surface area contributed by atoms with Crippen molar-refractivity contribution in [2.24, 2.45) is 5.92 Å². The number of anilines is 2. The zero-order chi connectivity index (χ0) is 21.3. The maximum absolute atomic E-state index is 13.1. The molecule has 4 heterocycles.